The van der Waals surface area contributed by atoms with E-state index in [1.54, 1.807) is 24.3 Å². The summed E-state index contributed by atoms with van der Waals surface area (Å²) in [5.41, 5.74) is 0.652. The molecule has 0 aliphatic carbocycles. The molecule has 2 aromatic carbocycles. The Morgan fingerprint density at radius 1 is 0.913 bits per heavy atom. The van der Waals surface area contributed by atoms with Crippen molar-refractivity contribution in [3.05, 3.63) is 69.5 Å². The van der Waals surface area contributed by atoms with Gasteiger partial charge in [0.25, 0.3) is 11.8 Å². The van der Waals surface area contributed by atoms with Crippen LogP contribution in [0, 0.1) is 5.82 Å². The molecule has 0 radical (unpaired) electrons. The van der Waals surface area contributed by atoms with E-state index in [1.807, 2.05) is 0 Å². The van der Waals surface area contributed by atoms with Crippen LogP contribution < -0.4 is 10.6 Å². The third-order valence-corrected chi connectivity index (χ3v) is 3.54. The molecule has 0 spiro atoms. The van der Waals surface area contributed by atoms with Crippen LogP contribution in [-0.2, 0) is 0 Å². The Labute approximate surface area is 142 Å². The Balaban J connectivity index is 1.79. The molecule has 0 unspecified atom stereocenters. The number of hydrogen-bond donors (Lipinski definition) is 2. The number of amides is 2. The first-order valence-electron chi connectivity index (χ1n) is 6.74. The van der Waals surface area contributed by atoms with E-state index in [1.165, 1.54) is 6.07 Å². The van der Waals surface area contributed by atoms with Crippen molar-refractivity contribution in [2.45, 2.75) is 0 Å². The molecule has 0 atom stereocenters. The van der Waals surface area contributed by atoms with Crippen LogP contribution in [0.4, 0.5) is 4.39 Å². The van der Waals surface area contributed by atoms with Gasteiger partial charge in [0.1, 0.15) is 5.82 Å². The van der Waals surface area contributed by atoms with Gasteiger partial charge in [0.2, 0.25) is 0 Å². The molecule has 4 nitrogen and oxygen atoms in total. The van der Waals surface area contributed by atoms with Gasteiger partial charge >= 0.3 is 0 Å². The minimum atomic E-state index is -0.512. The number of halogens is 3. The predicted molar refractivity (Wildman–Crippen MR) is 87.5 cm³/mol. The highest BCUT2D eigenvalue weighted by Gasteiger charge is 2.11. The Hall–Kier alpha value is -2.11. The molecule has 0 saturated heterocycles. The highest BCUT2D eigenvalue weighted by atomic mass is 35.5. The van der Waals surface area contributed by atoms with Crippen molar-refractivity contribution < 1.29 is 14.0 Å². The van der Waals surface area contributed by atoms with Gasteiger partial charge in [0.05, 0.1) is 10.6 Å². The quantitative estimate of drug-likeness (QED) is 0.809. The molecule has 0 saturated carbocycles. The largest absolute Gasteiger partial charge is 0.350 e. The van der Waals surface area contributed by atoms with Crippen LogP contribution in [0.3, 0.4) is 0 Å². The Morgan fingerprint density at radius 3 is 2.13 bits per heavy atom. The molecule has 0 aromatic heterocycles. The van der Waals surface area contributed by atoms with Crippen molar-refractivity contribution in [1.29, 1.82) is 0 Å². The maximum atomic E-state index is 12.9. The molecule has 23 heavy (non-hydrogen) atoms. The van der Waals surface area contributed by atoms with Gasteiger partial charge in [-0.15, -0.1) is 0 Å². The third kappa shape index (κ3) is 4.94. The molecule has 0 bridgehead atoms. The SMILES string of the molecule is O=C(NCCNC(=O)c1ccc(F)cc1Cl)c1ccc(Cl)cc1. The first-order valence-corrected chi connectivity index (χ1v) is 7.50. The van der Waals surface area contributed by atoms with Crippen molar-refractivity contribution in [3.63, 3.8) is 0 Å². The zero-order valence-corrected chi connectivity index (χ0v) is 13.4. The number of benzene rings is 2. The van der Waals surface area contributed by atoms with E-state index in [0.29, 0.717) is 10.6 Å². The van der Waals surface area contributed by atoms with E-state index in [4.69, 9.17) is 23.2 Å². The summed E-state index contributed by atoms with van der Waals surface area (Å²) in [6, 6.07) is 9.98. The van der Waals surface area contributed by atoms with Crippen molar-refractivity contribution in [2.75, 3.05) is 13.1 Å². The van der Waals surface area contributed by atoms with Crippen molar-refractivity contribution >= 4 is 35.0 Å². The first-order chi connectivity index (χ1) is 11.0. The molecule has 0 aliphatic heterocycles. The zero-order chi connectivity index (χ0) is 16.8. The molecule has 0 heterocycles. The number of rotatable bonds is 5. The van der Waals surface area contributed by atoms with Crippen LogP contribution in [0.15, 0.2) is 42.5 Å². The molecule has 120 valence electrons. The van der Waals surface area contributed by atoms with Gasteiger partial charge < -0.3 is 10.6 Å². The van der Waals surface area contributed by atoms with Crippen molar-refractivity contribution in [1.82, 2.24) is 10.6 Å². The third-order valence-electron chi connectivity index (χ3n) is 2.98. The Bertz CT molecular complexity index is 721. The Morgan fingerprint density at radius 2 is 1.52 bits per heavy atom. The average molecular weight is 355 g/mol. The van der Waals surface area contributed by atoms with E-state index < -0.39 is 11.7 Å². The minimum absolute atomic E-state index is 0.0349. The lowest BCUT2D eigenvalue weighted by molar-refractivity contribution is 0.0927. The van der Waals surface area contributed by atoms with Crippen LogP contribution in [0.2, 0.25) is 10.0 Å². The van der Waals surface area contributed by atoms with Crippen LogP contribution >= 0.6 is 23.2 Å². The van der Waals surface area contributed by atoms with Gasteiger partial charge in [-0.05, 0) is 42.5 Å². The standard InChI is InChI=1S/C16H13Cl2FN2O2/c17-11-3-1-10(2-4-11)15(22)20-7-8-21-16(23)13-6-5-12(19)9-14(13)18/h1-6,9H,7-8H2,(H,20,22)(H,21,23). The van der Waals surface area contributed by atoms with E-state index >= 15 is 0 Å². The predicted octanol–water partition coefficient (Wildman–Crippen LogP) is 3.29. The maximum absolute atomic E-state index is 12.9. The molecule has 2 amide bonds. The molecule has 2 rings (SSSR count). The summed E-state index contributed by atoms with van der Waals surface area (Å²) in [6.45, 7) is 0.456. The molecule has 0 fully saturated rings. The monoisotopic (exact) mass is 354 g/mol. The summed E-state index contributed by atoms with van der Waals surface area (Å²) in [7, 11) is 0. The Kier molecular flexibility index (Phi) is 5.96. The van der Waals surface area contributed by atoms with Crippen LogP contribution in [0.1, 0.15) is 20.7 Å². The van der Waals surface area contributed by atoms with Crippen molar-refractivity contribution in [3.8, 4) is 0 Å². The lowest BCUT2D eigenvalue weighted by Crippen LogP contribution is -2.34. The molecule has 7 heteroatoms. The number of hydrogen-bond acceptors (Lipinski definition) is 2. The minimum Gasteiger partial charge on any atom is -0.350 e. The van der Waals surface area contributed by atoms with Gasteiger partial charge in [-0.1, -0.05) is 23.2 Å². The summed E-state index contributed by atoms with van der Waals surface area (Å²) < 4.78 is 12.9. The second kappa shape index (κ2) is 7.94. The summed E-state index contributed by atoms with van der Waals surface area (Å²) in [5, 5.41) is 5.83. The van der Waals surface area contributed by atoms with Crippen molar-refractivity contribution in [2.24, 2.45) is 0 Å². The molecular weight excluding hydrogens is 342 g/mol. The molecule has 2 aromatic rings. The van der Waals surface area contributed by atoms with Crippen LogP contribution in [0.5, 0.6) is 0 Å². The molecule has 0 aliphatic rings. The fraction of sp³-hybridized carbons (Fsp3) is 0.125. The average Bonchev–Trinajstić information content (AvgIpc) is 2.51. The maximum Gasteiger partial charge on any atom is 0.252 e. The van der Waals surface area contributed by atoms with E-state index in [-0.39, 0.29) is 29.6 Å². The summed E-state index contributed by atoms with van der Waals surface area (Å²) >= 11 is 11.5. The number of carbonyl (C=O) groups is 2. The second-order valence-corrected chi connectivity index (χ2v) is 5.49. The van der Waals surface area contributed by atoms with E-state index in [0.717, 1.165) is 12.1 Å². The van der Waals surface area contributed by atoms with E-state index in [9.17, 15) is 14.0 Å². The summed E-state index contributed by atoms with van der Waals surface area (Å²) in [6.07, 6.45) is 0. The zero-order valence-electron chi connectivity index (χ0n) is 11.9. The highest BCUT2D eigenvalue weighted by molar-refractivity contribution is 6.33. The van der Waals surface area contributed by atoms with Gasteiger partial charge in [-0.3, -0.25) is 9.59 Å². The topological polar surface area (TPSA) is 58.2 Å². The van der Waals surface area contributed by atoms with Gasteiger partial charge in [-0.2, -0.15) is 0 Å². The van der Waals surface area contributed by atoms with Gasteiger partial charge in [-0.25, -0.2) is 4.39 Å². The molecular formula is C16H13Cl2FN2O2. The van der Waals surface area contributed by atoms with Gasteiger partial charge in [0.15, 0.2) is 0 Å². The highest BCUT2D eigenvalue weighted by Crippen LogP contribution is 2.16. The lowest BCUT2D eigenvalue weighted by Gasteiger charge is -2.08. The van der Waals surface area contributed by atoms with Crippen LogP contribution in [-0.4, -0.2) is 24.9 Å². The smallest absolute Gasteiger partial charge is 0.252 e. The lowest BCUT2D eigenvalue weighted by atomic mass is 10.2. The van der Waals surface area contributed by atoms with Gasteiger partial charge in [0, 0.05) is 23.7 Å². The first kappa shape index (κ1) is 17.2. The summed E-state index contributed by atoms with van der Waals surface area (Å²) in [4.78, 5) is 23.7. The normalized spacial score (nSPS) is 10.2. The number of carbonyl (C=O) groups excluding carboxylic acids is 2. The fourth-order valence-corrected chi connectivity index (χ4v) is 2.20. The summed E-state index contributed by atoms with van der Waals surface area (Å²) in [5.74, 6) is -1.21. The van der Waals surface area contributed by atoms with E-state index in [2.05, 4.69) is 10.6 Å². The molecule has 2 N–H and O–H groups in total. The second-order valence-electron chi connectivity index (χ2n) is 4.64. The van der Waals surface area contributed by atoms with Crippen LogP contribution in [0.25, 0.3) is 0 Å². The number of nitrogens with one attached hydrogen (secondary N) is 2. The fourth-order valence-electron chi connectivity index (χ4n) is 1.82.